The van der Waals surface area contributed by atoms with Gasteiger partial charge in [0.25, 0.3) is 0 Å². The first-order valence-electron chi connectivity index (χ1n) is 6.10. The fraction of sp³-hybridized carbons (Fsp3) is 0.917. The third-order valence-corrected chi connectivity index (χ3v) is 3.64. The van der Waals surface area contributed by atoms with Gasteiger partial charge in [-0.1, -0.05) is 19.8 Å². The number of hydrogen-bond donors (Lipinski definition) is 2. The molecule has 0 aromatic rings. The summed E-state index contributed by atoms with van der Waals surface area (Å²) in [5.41, 5.74) is 0.370. The topological polar surface area (TPSA) is 49.3 Å². The van der Waals surface area contributed by atoms with Crippen LogP contribution in [0.3, 0.4) is 0 Å². The van der Waals surface area contributed by atoms with Gasteiger partial charge in [-0.3, -0.25) is 4.79 Å². The molecule has 2 N–H and O–H groups in total. The van der Waals surface area contributed by atoms with E-state index in [2.05, 4.69) is 12.2 Å². The van der Waals surface area contributed by atoms with Crippen LogP contribution in [0.1, 0.15) is 51.9 Å². The Kier molecular flexibility index (Phi) is 5.09. The standard InChI is InChI=1S/C12H23NO2/c1-2-12(7-3-4-8-12)10-13-11(15)6-5-9-14/h14H,2-10H2,1H3,(H,13,15). The first-order valence-corrected chi connectivity index (χ1v) is 6.10. The van der Waals surface area contributed by atoms with Crippen LogP contribution in [0.5, 0.6) is 0 Å². The van der Waals surface area contributed by atoms with Gasteiger partial charge in [-0.2, -0.15) is 0 Å². The van der Waals surface area contributed by atoms with Gasteiger partial charge >= 0.3 is 0 Å². The van der Waals surface area contributed by atoms with Gasteiger partial charge in [-0.05, 0) is 31.1 Å². The highest BCUT2D eigenvalue weighted by Crippen LogP contribution is 2.40. The quantitative estimate of drug-likeness (QED) is 0.707. The number of carbonyl (C=O) groups is 1. The lowest BCUT2D eigenvalue weighted by Gasteiger charge is -2.27. The fourth-order valence-electron chi connectivity index (χ4n) is 2.39. The molecule has 0 heterocycles. The molecule has 1 fully saturated rings. The molecule has 1 aliphatic rings. The minimum atomic E-state index is 0.0868. The van der Waals surface area contributed by atoms with Crippen LogP contribution < -0.4 is 5.32 Å². The van der Waals surface area contributed by atoms with Crippen LogP contribution in [0.4, 0.5) is 0 Å². The molecule has 0 aromatic heterocycles. The minimum absolute atomic E-state index is 0.0868. The van der Waals surface area contributed by atoms with E-state index >= 15 is 0 Å². The predicted octanol–water partition coefficient (Wildman–Crippen LogP) is 1.85. The van der Waals surface area contributed by atoms with Gasteiger partial charge in [-0.15, -0.1) is 0 Å². The molecule has 1 saturated carbocycles. The first kappa shape index (κ1) is 12.5. The maximum absolute atomic E-state index is 11.4. The van der Waals surface area contributed by atoms with Crippen LogP contribution >= 0.6 is 0 Å². The first-order chi connectivity index (χ1) is 7.22. The molecule has 1 amide bonds. The van der Waals surface area contributed by atoms with Crippen molar-refractivity contribution in [3.8, 4) is 0 Å². The normalized spacial score (nSPS) is 19.1. The van der Waals surface area contributed by atoms with Gasteiger partial charge in [0.2, 0.25) is 5.91 Å². The van der Waals surface area contributed by atoms with Crippen molar-refractivity contribution in [3.05, 3.63) is 0 Å². The van der Waals surface area contributed by atoms with Crippen molar-refractivity contribution >= 4 is 5.91 Å². The highest BCUT2D eigenvalue weighted by molar-refractivity contribution is 5.75. The summed E-state index contributed by atoms with van der Waals surface area (Å²) in [6.07, 6.45) is 7.31. The highest BCUT2D eigenvalue weighted by atomic mass is 16.3. The molecule has 15 heavy (non-hydrogen) atoms. The van der Waals surface area contributed by atoms with E-state index in [1.807, 2.05) is 0 Å². The monoisotopic (exact) mass is 213 g/mol. The second-order valence-electron chi connectivity index (χ2n) is 4.66. The van der Waals surface area contributed by atoms with E-state index in [1.54, 1.807) is 0 Å². The zero-order valence-electron chi connectivity index (χ0n) is 9.72. The van der Waals surface area contributed by atoms with Crippen molar-refractivity contribution in [3.63, 3.8) is 0 Å². The van der Waals surface area contributed by atoms with Gasteiger partial charge in [0, 0.05) is 19.6 Å². The van der Waals surface area contributed by atoms with E-state index in [9.17, 15) is 4.79 Å². The second kappa shape index (κ2) is 6.11. The lowest BCUT2D eigenvalue weighted by Crippen LogP contribution is -2.35. The Morgan fingerprint density at radius 3 is 2.60 bits per heavy atom. The molecule has 0 radical (unpaired) electrons. The van der Waals surface area contributed by atoms with Gasteiger partial charge in [0.05, 0.1) is 0 Å². The van der Waals surface area contributed by atoms with Crippen LogP contribution in [0.15, 0.2) is 0 Å². The second-order valence-corrected chi connectivity index (χ2v) is 4.66. The van der Waals surface area contributed by atoms with Gasteiger partial charge < -0.3 is 10.4 Å². The zero-order valence-corrected chi connectivity index (χ0v) is 9.72. The Morgan fingerprint density at radius 1 is 1.40 bits per heavy atom. The molecule has 0 spiro atoms. The Labute approximate surface area is 92.3 Å². The molecule has 0 unspecified atom stereocenters. The molecular formula is C12H23NO2. The van der Waals surface area contributed by atoms with Crippen molar-refractivity contribution in [1.82, 2.24) is 5.32 Å². The Morgan fingerprint density at radius 2 is 2.07 bits per heavy atom. The molecule has 1 rings (SSSR count). The van der Waals surface area contributed by atoms with E-state index < -0.39 is 0 Å². The molecule has 0 aromatic carbocycles. The van der Waals surface area contributed by atoms with Crippen molar-refractivity contribution in [2.45, 2.75) is 51.9 Å². The molecule has 88 valence electrons. The third kappa shape index (κ3) is 3.82. The summed E-state index contributed by atoms with van der Waals surface area (Å²) in [7, 11) is 0. The third-order valence-electron chi connectivity index (χ3n) is 3.64. The molecule has 3 heteroatoms. The van der Waals surface area contributed by atoms with Crippen molar-refractivity contribution in [1.29, 1.82) is 0 Å². The predicted molar refractivity (Wildman–Crippen MR) is 60.5 cm³/mol. The number of carbonyl (C=O) groups excluding carboxylic acids is 1. The number of hydrogen-bond acceptors (Lipinski definition) is 2. The minimum Gasteiger partial charge on any atom is -0.396 e. The summed E-state index contributed by atoms with van der Waals surface area (Å²) in [5.74, 6) is 0.0868. The number of aliphatic hydroxyl groups excluding tert-OH is 1. The Hall–Kier alpha value is -0.570. The lowest BCUT2D eigenvalue weighted by atomic mass is 9.83. The highest BCUT2D eigenvalue weighted by Gasteiger charge is 2.31. The van der Waals surface area contributed by atoms with Gasteiger partial charge in [-0.25, -0.2) is 0 Å². The van der Waals surface area contributed by atoms with E-state index in [-0.39, 0.29) is 12.5 Å². The fourth-order valence-corrected chi connectivity index (χ4v) is 2.39. The van der Waals surface area contributed by atoms with E-state index in [4.69, 9.17) is 5.11 Å². The van der Waals surface area contributed by atoms with Crippen molar-refractivity contribution in [2.75, 3.05) is 13.2 Å². The number of nitrogens with one attached hydrogen (secondary N) is 1. The Bertz CT molecular complexity index is 198. The summed E-state index contributed by atoms with van der Waals surface area (Å²) in [6, 6.07) is 0. The average molecular weight is 213 g/mol. The van der Waals surface area contributed by atoms with E-state index in [0.717, 1.165) is 13.0 Å². The summed E-state index contributed by atoms with van der Waals surface area (Å²) < 4.78 is 0. The molecule has 0 bridgehead atoms. The van der Waals surface area contributed by atoms with Gasteiger partial charge in [0.1, 0.15) is 0 Å². The van der Waals surface area contributed by atoms with Crippen LogP contribution in [-0.4, -0.2) is 24.2 Å². The maximum atomic E-state index is 11.4. The van der Waals surface area contributed by atoms with Crippen molar-refractivity contribution in [2.24, 2.45) is 5.41 Å². The molecule has 3 nitrogen and oxygen atoms in total. The molecule has 1 aliphatic carbocycles. The summed E-state index contributed by atoms with van der Waals surface area (Å²) >= 11 is 0. The van der Waals surface area contributed by atoms with E-state index in [1.165, 1.54) is 25.7 Å². The van der Waals surface area contributed by atoms with Crippen molar-refractivity contribution < 1.29 is 9.90 Å². The summed E-state index contributed by atoms with van der Waals surface area (Å²) in [6.45, 7) is 3.14. The van der Waals surface area contributed by atoms with Crippen LogP contribution in [0, 0.1) is 5.41 Å². The zero-order chi connectivity index (χ0) is 11.1. The average Bonchev–Trinajstić information content (AvgIpc) is 2.73. The number of rotatable bonds is 6. The van der Waals surface area contributed by atoms with Gasteiger partial charge in [0.15, 0.2) is 0 Å². The number of aliphatic hydroxyl groups is 1. The maximum Gasteiger partial charge on any atom is 0.220 e. The smallest absolute Gasteiger partial charge is 0.220 e. The molecule has 0 atom stereocenters. The van der Waals surface area contributed by atoms with Crippen LogP contribution in [-0.2, 0) is 4.79 Å². The van der Waals surface area contributed by atoms with Crippen LogP contribution in [0.25, 0.3) is 0 Å². The Balaban J connectivity index is 2.25. The largest absolute Gasteiger partial charge is 0.396 e. The summed E-state index contributed by atoms with van der Waals surface area (Å²) in [5, 5.41) is 11.6. The molecule has 0 saturated heterocycles. The van der Waals surface area contributed by atoms with E-state index in [0.29, 0.717) is 18.3 Å². The SMILES string of the molecule is CCC1(CNC(=O)CCCO)CCCC1. The van der Waals surface area contributed by atoms with Crippen LogP contribution in [0.2, 0.25) is 0 Å². The lowest BCUT2D eigenvalue weighted by molar-refractivity contribution is -0.121. The molecular weight excluding hydrogens is 190 g/mol. The molecule has 0 aliphatic heterocycles. The summed E-state index contributed by atoms with van der Waals surface area (Å²) in [4.78, 5) is 11.4. The number of amides is 1.